The van der Waals surface area contributed by atoms with Crippen molar-refractivity contribution in [2.24, 2.45) is 0 Å². The van der Waals surface area contributed by atoms with Gasteiger partial charge in [0.05, 0.1) is 13.2 Å². The van der Waals surface area contributed by atoms with Crippen LogP contribution in [0, 0.1) is 0 Å². The van der Waals surface area contributed by atoms with Gasteiger partial charge in [0.1, 0.15) is 12.7 Å². The molecule has 0 fully saturated rings. The van der Waals surface area contributed by atoms with Gasteiger partial charge in [-0.3, -0.25) is 18.6 Å². The Hall–Kier alpha value is -2.03. The van der Waals surface area contributed by atoms with Crippen LogP contribution in [0.15, 0.2) is 48.6 Å². The SMILES string of the molecule is CCCCC/C=C\C/C=C\C/C=C\C/C=C\CCCC(=O)NCCOP(=O)(O)OCC(O)COC(=O)CCCCCC. The van der Waals surface area contributed by atoms with E-state index >= 15 is 0 Å². The Morgan fingerprint density at radius 1 is 0.738 bits per heavy atom. The predicted molar refractivity (Wildman–Crippen MR) is 169 cm³/mol. The highest BCUT2D eigenvalue weighted by molar-refractivity contribution is 7.47. The third-order valence-corrected chi connectivity index (χ3v) is 7.00. The fourth-order valence-corrected chi connectivity index (χ4v) is 4.36. The predicted octanol–water partition coefficient (Wildman–Crippen LogP) is 7.26. The third kappa shape index (κ3) is 29.5. The van der Waals surface area contributed by atoms with Crippen molar-refractivity contribution >= 4 is 19.7 Å². The lowest BCUT2D eigenvalue weighted by atomic mass is 10.2. The molecule has 0 aromatic carbocycles. The van der Waals surface area contributed by atoms with E-state index in [9.17, 15) is 24.2 Å². The molecule has 3 N–H and O–H groups in total. The zero-order valence-corrected chi connectivity index (χ0v) is 26.8. The van der Waals surface area contributed by atoms with Gasteiger partial charge in [0, 0.05) is 19.4 Å². The van der Waals surface area contributed by atoms with E-state index in [1.54, 1.807) is 0 Å². The summed E-state index contributed by atoms with van der Waals surface area (Å²) >= 11 is 0. The topological polar surface area (TPSA) is 131 Å². The summed E-state index contributed by atoms with van der Waals surface area (Å²) in [5, 5.41) is 12.4. The molecule has 2 atom stereocenters. The average Bonchev–Trinajstić information content (AvgIpc) is 2.97. The summed E-state index contributed by atoms with van der Waals surface area (Å²) in [6.07, 6.45) is 29.7. The molecule has 0 rings (SSSR count). The minimum Gasteiger partial charge on any atom is -0.463 e. The van der Waals surface area contributed by atoms with Gasteiger partial charge in [0.2, 0.25) is 5.91 Å². The Labute approximate surface area is 254 Å². The number of hydrogen-bond acceptors (Lipinski definition) is 7. The van der Waals surface area contributed by atoms with Crippen LogP contribution in [0.5, 0.6) is 0 Å². The molecule has 0 heterocycles. The minimum atomic E-state index is -4.41. The first-order chi connectivity index (χ1) is 20.3. The van der Waals surface area contributed by atoms with E-state index in [2.05, 4.69) is 67.8 Å². The molecule has 0 bridgehead atoms. The van der Waals surface area contributed by atoms with Crippen molar-refractivity contribution in [2.75, 3.05) is 26.4 Å². The number of unbranched alkanes of at least 4 members (excludes halogenated alkanes) is 7. The summed E-state index contributed by atoms with van der Waals surface area (Å²) in [6, 6.07) is 0. The number of allylic oxidation sites excluding steroid dienone is 8. The van der Waals surface area contributed by atoms with Crippen molar-refractivity contribution in [3.63, 3.8) is 0 Å². The van der Waals surface area contributed by atoms with Gasteiger partial charge in [-0.25, -0.2) is 4.57 Å². The van der Waals surface area contributed by atoms with E-state index < -0.39 is 26.5 Å². The lowest BCUT2D eigenvalue weighted by molar-refractivity contribution is -0.147. The van der Waals surface area contributed by atoms with Crippen molar-refractivity contribution in [3.8, 4) is 0 Å². The minimum absolute atomic E-state index is 0.0509. The van der Waals surface area contributed by atoms with Crippen molar-refractivity contribution < 1.29 is 37.9 Å². The Morgan fingerprint density at radius 3 is 1.93 bits per heavy atom. The summed E-state index contributed by atoms with van der Waals surface area (Å²) in [5.74, 6) is -0.598. The second-order valence-corrected chi connectivity index (χ2v) is 11.5. The zero-order valence-electron chi connectivity index (χ0n) is 25.9. The number of rotatable bonds is 28. The van der Waals surface area contributed by atoms with Crippen LogP contribution >= 0.6 is 7.82 Å². The highest BCUT2D eigenvalue weighted by atomic mass is 31.2. The van der Waals surface area contributed by atoms with Gasteiger partial charge in [-0.2, -0.15) is 0 Å². The molecule has 9 nitrogen and oxygen atoms in total. The summed E-state index contributed by atoms with van der Waals surface area (Å²) in [4.78, 5) is 33.2. The lowest BCUT2D eigenvalue weighted by Gasteiger charge is -2.15. The molecular weight excluding hydrogens is 557 g/mol. The van der Waals surface area contributed by atoms with Crippen LogP contribution in [0.4, 0.5) is 0 Å². The maximum absolute atomic E-state index is 11.9. The van der Waals surface area contributed by atoms with E-state index in [1.165, 1.54) is 25.7 Å². The first-order valence-corrected chi connectivity index (χ1v) is 17.1. The molecule has 0 aromatic heterocycles. The van der Waals surface area contributed by atoms with Gasteiger partial charge < -0.3 is 20.1 Å². The standard InChI is InChI=1S/C32H56NO8P/c1-3-5-7-9-10-11-12-13-14-15-16-17-18-19-20-21-22-24-31(35)33-26-27-40-42(37,38)41-29-30(34)28-39-32(36)25-23-8-6-4-2/h10-11,13-14,16-17,19-20,30,34H,3-9,12,15,18,21-29H2,1-2H3,(H,33,35)(H,37,38)/b11-10-,14-13-,17-16-,20-19-. The maximum Gasteiger partial charge on any atom is 0.472 e. The van der Waals surface area contributed by atoms with Crippen molar-refractivity contribution in [2.45, 2.75) is 116 Å². The van der Waals surface area contributed by atoms with Gasteiger partial charge in [0.25, 0.3) is 0 Å². The number of nitrogens with one attached hydrogen (secondary N) is 1. The second-order valence-electron chi connectivity index (χ2n) is 10.1. The summed E-state index contributed by atoms with van der Waals surface area (Å²) in [5.41, 5.74) is 0. The molecule has 0 aromatic rings. The largest absolute Gasteiger partial charge is 0.472 e. The molecule has 2 unspecified atom stereocenters. The number of amides is 1. The van der Waals surface area contributed by atoms with Crippen molar-refractivity contribution in [3.05, 3.63) is 48.6 Å². The molecule has 0 radical (unpaired) electrons. The van der Waals surface area contributed by atoms with Crippen molar-refractivity contribution in [1.82, 2.24) is 5.32 Å². The normalized spacial score (nSPS) is 14.3. The van der Waals surface area contributed by atoms with Gasteiger partial charge in [-0.15, -0.1) is 0 Å². The Morgan fingerprint density at radius 2 is 1.31 bits per heavy atom. The number of hydrogen-bond donors (Lipinski definition) is 3. The molecule has 0 aliphatic carbocycles. The van der Waals surface area contributed by atoms with Crippen LogP contribution in [0.3, 0.4) is 0 Å². The first kappa shape index (κ1) is 40.0. The Balaban J connectivity index is 3.75. The molecule has 0 aliphatic rings. The number of aliphatic hydroxyl groups is 1. The monoisotopic (exact) mass is 613 g/mol. The van der Waals surface area contributed by atoms with Gasteiger partial charge in [-0.05, 0) is 51.4 Å². The molecule has 242 valence electrons. The van der Waals surface area contributed by atoms with Gasteiger partial charge in [0.15, 0.2) is 0 Å². The third-order valence-electron chi connectivity index (χ3n) is 6.01. The fraction of sp³-hybridized carbons (Fsp3) is 0.688. The molecule has 0 spiro atoms. The van der Waals surface area contributed by atoms with Crippen LogP contribution in [0.2, 0.25) is 0 Å². The Bertz CT molecular complexity index is 840. The number of esters is 1. The summed E-state index contributed by atoms with van der Waals surface area (Å²) in [7, 11) is -4.41. The number of aliphatic hydroxyl groups excluding tert-OH is 1. The Kier molecular flexibility index (Phi) is 27.7. The van der Waals surface area contributed by atoms with E-state index in [1.807, 2.05) is 0 Å². The van der Waals surface area contributed by atoms with E-state index in [0.717, 1.165) is 51.4 Å². The second kappa shape index (κ2) is 29.1. The number of ether oxygens (including phenoxy) is 1. The van der Waals surface area contributed by atoms with Crippen molar-refractivity contribution in [1.29, 1.82) is 0 Å². The van der Waals surface area contributed by atoms with Gasteiger partial charge >= 0.3 is 13.8 Å². The van der Waals surface area contributed by atoms with E-state index in [0.29, 0.717) is 12.8 Å². The van der Waals surface area contributed by atoms with Crippen LogP contribution < -0.4 is 5.32 Å². The molecule has 0 aliphatic heterocycles. The number of carbonyl (C=O) groups excluding carboxylic acids is 2. The van der Waals surface area contributed by atoms with E-state index in [4.69, 9.17) is 13.8 Å². The molecular formula is C32H56NO8P. The van der Waals surface area contributed by atoms with Gasteiger partial charge in [-0.1, -0.05) is 94.6 Å². The first-order valence-electron chi connectivity index (χ1n) is 15.6. The molecule has 1 amide bonds. The van der Waals surface area contributed by atoms with Crippen LogP contribution in [-0.2, 0) is 27.9 Å². The van der Waals surface area contributed by atoms with Crippen LogP contribution in [0.1, 0.15) is 110 Å². The molecule has 42 heavy (non-hydrogen) atoms. The average molecular weight is 614 g/mol. The number of phosphoric ester groups is 1. The molecule has 10 heteroatoms. The number of carbonyl (C=O) groups is 2. The lowest BCUT2D eigenvalue weighted by Crippen LogP contribution is -2.27. The van der Waals surface area contributed by atoms with Crippen LogP contribution in [0.25, 0.3) is 0 Å². The zero-order chi connectivity index (χ0) is 31.2. The fourth-order valence-electron chi connectivity index (χ4n) is 3.60. The number of phosphoric acid groups is 1. The molecule has 0 saturated carbocycles. The van der Waals surface area contributed by atoms with Crippen LogP contribution in [-0.4, -0.2) is 54.3 Å². The van der Waals surface area contributed by atoms with E-state index in [-0.39, 0.29) is 32.1 Å². The quantitative estimate of drug-likeness (QED) is 0.0364. The summed E-state index contributed by atoms with van der Waals surface area (Å²) < 4.78 is 26.4. The summed E-state index contributed by atoms with van der Waals surface area (Å²) in [6.45, 7) is 3.27. The molecule has 0 saturated heterocycles. The maximum atomic E-state index is 11.9. The highest BCUT2D eigenvalue weighted by Crippen LogP contribution is 2.42. The smallest absolute Gasteiger partial charge is 0.463 e. The highest BCUT2D eigenvalue weighted by Gasteiger charge is 2.23.